The number of aliphatic hydroxyl groups is 1. The SMILES string of the molecule is Cc1ccccc1Cc1noc(C(C)C(C)O)n1. The standard InChI is InChI=1S/C14H18N2O2/c1-9-6-4-5-7-12(9)8-13-15-14(18-16-13)10(2)11(3)17/h4-7,10-11,17H,8H2,1-3H3. The van der Waals surface area contributed by atoms with Crippen molar-refractivity contribution in [3.8, 4) is 0 Å². The highest BCUT2D eigenvalue weighted by Crippen LogP contribution is 2.18. The van der Waals surface area contributed by atoms with Gasteiger partial charge in [0, 0.05) is 6.42 Å². The van der Waals surface area contributed by atoms with Gasteiger partial charge in [0.1, 0.15) is 0 Å². The van der Waals surface area contributed by atoms with E-state index < -0.39 is 6.10 Å². The minimum atomic E-state index is -0.489. The van der Waals surface area contributed by atoms with E-state index in [0.717, 1.165) is 0 Å². The summed E-state index contributed by atoms with van der Waals surface area (Å²) in [6, 6.07) is 8.13. The normalized spacial score (nSPS) is 14.4. The van der Waals surface area contributed by atoms with Gasteiger partial charge in [-0.3, -0.25) is 0 Å². The Bertz CT molecular complexity index is 520. The van der Waals surface area contributed by atoms with Gasteiger partial charge < -0.3 is 9.63 Å². The lowest BCUT2D eigenvalue weighted by Gasteiger charge is -2.08. The van der Waals surface area contributed by atoms with E-state index in [2.05, 4.69) is 29.2 Å². The summed E-state index contributed by atoms with van der Waals surface area (Å²) in [4.78, 5) is 4.33. The van der Waals surface area contributed by atoms with Crippen molar-refractivity contribution < 1.29 is 9.63 Å². The van der Waals surface area contributed by atoms with E-state index in [1.54, 1.807) is 6.92 Å². The Hall–Kier alpha value is -1.68. The molecule has 0 radical (unpaired) electrons. The number of rotatable bonds is 4. The van der Waals surface area contributed by atoms with Crippen LogP contribution >= 0.6 is 0 Å². The third-order valence-corrected chi connectivity index (χ3v) is 3.21. The van der Waals surface area contributed by atoms with Crippen LogP contribution in [0.2, 0.25) is 0 Å². The van der Waals surface area contributed by atoms with Crippen LogP contribution in [0, 0.1) is 6.92 Å². The van der Waals surface area contributed by atoms with Crippen molar-refractivity contribution in [3.05, 3.63) is 47.1 Å². The molecule has 1 N–H and O–H groups in total. The maximum absolute atomic E-state index is 9.49. The molecule has 0 fully saturated rings. The lowest BCUT2D eigenvalue weighted by atomic mass is 10.1. The Morgan fingerprint density at radius 1 is 1.28 bits per heavy atom. The monoisotopic (exact) mass is 246 g/mol. The predicted octanol–water partition coefficient (Wildman–Crippen LogP) is 2.45. The molecule has 0 saturated carbocycles. The summed E-state index contributed by atoms with van der Waals surface area (Å²) in [5, 5.41) is 13.4. The van der Waals surface area contributed by atoms with Crippen molar-refractivity contribution in [2.75, 3.05) is 0 Å². The lowest BCUT2D eigenvalue weighted by Crippen LogP contribution is -2.11. The van der Waals surface area contributed by atoms with Gasteiger partial charge in [-0.2, -0.15) is 4.98 Å². The van der Waals surface area contributed by atoms with Crippen molar-refractivity contribution in [1.29, 1.82) is 0 Å². The maximum Gasteiger partial charge on any atom is 0.232 e. The first kappa shape index (κ1) is 12.8. The summed E-state index contributed by atoms with van der Waals surface area (Å²) in [7, 11) is 0. The van der Waals surface area contributed by atoms with Gasteiger partial charge in [0.25, 0.3) is 0 Å². The van der Waals surface area contributed by atoms with E-state index in [1.807, 2.05) is 19.1 Å². The van der Waals surface area contributed by atoms with Crippen LogP contribution in [0.5, 0.6) is 0 Å². The number of hydrogen-bond donors (Lipinski definition) is 1. The summed E-state index contributed by atoms with van der Waals surface area (Å²) in [5.74, 6) is 1.02. The van der Waals surface area contributed by atoms with Crippen LogP contribution in [0.15, 0.2) is 28.8 Å². The number of hydrogen-bond acceptors (Lipinski definition) is 4. The highest BCUT2D eigenvalue weighted by atomic mass is 16.5. The molecular weight excluding hydrogens is 228 g/mol. The lowest BCUT2D eigenvalue weighted by molar-refractivity contribution is 0.151. The molecule has 4 nitrogen and oxygen atoms in total. The molecule has 18 heavy (non-hydrogen) atoms. The van der Waals surface area contributed by atoms with Crippen LogP contribution in [0.1, 0.15) is 42.6 Å². The molecule has 0 aliphatic rings. The van der Waals surface area contributed by atoms with Crippen molar-refractivity contribution in [1.82, 2.24) is 10.1 Å². The Labute approximate surface area is 107 Å². The van der Waals surface area contributed by atoms with Gasteiger partial charge >= 0.3 is 0 Å². The largest absolute Gasteiger partial charge is 0.393 e. The molecule has 0 aliphatic heterocycles. The molecule has 0 saturated heterocycles. The predicted molar refractivity (Wildman–Crippen MR) is 68.4 cm³/mol. The Balaban J connectivity index is 2.14. The Kier molecular flexibility index (Phi) is 3.77. The smallest absolute Gasteiger partial charge is 0.232 e. The van der Waals surface area contributed by atoms with E-state index in [0.29, 0.717) is 18.1 Å². The molecule has 0 spiro atoms. The van der Waals surface area contributed by atoms with Gasteiger partial charge in [-0.25, -0.2) is 0 Å². The average molecular weight is 246 g/mol. The summed E-state index contributed by atoms with van der Waals surface area (Å²) in [6.45, 7) is 5.65. The quantitative estimate of drug-likeness (QED) is 0.900. The first-order valence-corrected chi connectivity index (χ1v) is 6.13. The van der Waals surface area contributed by atoms with Crippen LogP contribution in [-0.2, 0) is 6.42 Å². The van der Waals surface area contributed by atoms with Gasteiger partial charge in [0.2, 0.25) is 5.89 Å². The van der Waals surface area contributed by atoms with E-state index in [9.17, 15) is 5.11 Å². The van der Waals surface area contributed by atoms with Crippen molar-refractivity contribution in [2.45, 2.75) is 39.2 Å². The van der Waals surface area contributed by atoms with Crippen molar-refractivity contribution >= 4 is 0 Å². The molecule has 4 heteroatoms. The summed E-state index contributed by atoms with van der Waals surface area (Å²) >= 11 is 0. The maximum atomic E-state index is 9.49. The zero-order chi connectivity index (χ0) is 13.1. The van der Waals surface area contributed by atoms with Crippen LogP contribution in [-0.4, -0.2) is 21.4 Å². The fourth-order valence-corrected chi connectivity index (χ4v) is 1.71. The van der Waals surface area contributed by atoms with E-state index >= 15 is 0 Å². The fraction of sp³-hybridized carbons (Fsp3) is 0.429. The summed E-state index contributed by atoms with van der Waals surface area (Å²) < 4.78 is 5.18. The molecule has 2 rings (SSSR count). The molecule has 96 valence electrons. The second-order valence-corrected chi connectivity index (χ2v) is 4.68. The van der Waals surface area contributed by atoms with Gasteiger partial charge in [-0.15, -0.1) is 0 Å². The minimum Gasteiger partial charge on any atom is -0.393 e. The molecule has 0 amide bonds. The van der Waals surface area contributed by atoms with Gasteiger partial charge in [0.05, 0.1) is 12.0 Å². The first-order valence-electron chi connectivity index (χ1n) is 6.13. The zero-order valence-electron chi connectivity index (χ0n) is 10.9. The number of aromatic nitrogens is 2. The number of nitrogens with zero attached hydrogens (tertiary/aromatic N) is 2. The fourth-order valence-electron chi connectivity index (χ4n) is 1.71. The second-order valence-electron chi connectivity index (χ2n) is 4.68. The molecule has 2 aromatic rings. The second kappa shape index (κ2) is 5.31. The molecule has 1 aromatic heterocycles. The van der Waals surface area contributed by atoms with Crippen LogP contribution in [0.25, 0.3) is 0 Å². The molecule has 1 heterocycles. The van der Waals surface area contributed by atoms with Gasteiger partial charge in [0.15, 0.2) is 5.82 Å². The first-order chi connectivity index (χ1) is 8.58. The highest BCUT2D eigenvalue weighted by Gasteiger charge is 2.18. The summed E-state index contributed by atoms with van der Waals surface area (Å²) in [6.07, 6.45) is 0.166. The van der Waals surface area contributed by atoms with Gasteiger partial charge in [-0.1, -0.05) is 36.3 Å². The molecule has 0 aliphatic carbocycles. The van der Waals surface area contributed by atoms with E-state index in [-0.39, 0.29) is 5.92 Å². The van der Waals surface area contributed by atoms with Crippen LogP contribution in [0.4, 0.5) is 0 Å². The molecule has 2 unspecified atom stereocenters. The molecule has 2 atom stereocenters. The highest BCUT2D eigenvalue weighted by molar-refractivity contribution is 5.28. The minimum absolute atomic E-state index is 0.136. The molecule has 0 bridgehead atoms. The van der Waals surface area contributed by atoms with Crippen LogP contribution in [0.3, 0.4) is 0 Å². The van der Waals surface area contributed by atoms with Crippen molar-refractivity contribution in [2.24, 2.45) is 0 Å². The Morgan fingerprint density at radius 2 is 2.00 bits per heavy atom. The third kappa shape index (κ3) is 2.76. The van der Waals surface area contributed by atoms with Crippen LogP contribution < -0.4 is 0 Å². The van der Waals surface area contributed by atoms with E-state index in [4.69, 9.17) is 4.52 Å². The zero-order valence-corrected chi connectivity index (χ0v) is 10.9. The Morgan fingerprint density at radius 3 is 2.67 bits per heavy atom. The van der Waals surface area contributed by atoms with Gasteiger partial charge in [-0.05, 0) is 25.0 Å². The number of aryl methyl sites for hydroxylation is 1. The number of aliphatic hydroxyl groups excluding tert-OH is 1. The van der Waals surface area contributed by atoms with E-state index in [1.165, 1.54) is 11.1 Å². The van der Waals surface area contributed by atoms with Crippen molar-refractivity contribution in [3.63, 3.8) is 0 Å². The molecule has 1 aromatic carbocycles. The topological polar surface area (TPSA) is 59.2 Å². The molecular formula is C14H18N2O2. The third-order valence-electron chi connectivity index (χ3n) is 3.21. The summed E-state index contributed by atoms with van der Waals surface area (Å²) in [5.41, 5.74) is 2.40. The average Bonchev–Trinajstić information content (AvgIpc) is 2.79. The number of benzene rings is 1.